The van der Waals surface area contributed by atoms with Gasteiger partial charge in [0.15, 0.2) is 5.96 Å². The topological polar surface area (TPSA) is 70.6 Å². The molecule has 152 valence electrons. The second kappa shape index (κ2) is 8.08. The molecular formula is C18H26F3N3O2S. The highest BCUT2D eigenvalue weighted by Gasteiger charge is 2.45. The normalized spacial score (nSPS) is 18.1. The molecule has 1 aliphatic rings. The maximum absolute atomic E-state index is 13.0. The van der Waals surface area contributed by atoms with E-state index in [0.717, 1.165) is 18.9 Å². The Morgan fingerprint density at radius 3 is 2.52 bits per heavy atom. The second-order valence-corrected chi connectivity index (χ2v) is 9.51. The van der Waals surface area contributed by atoms with Crippen molar-refractivity contribution in [2.75, 3.05) is 25.6 Å². The Labute approximate surface area is 158 Å². The highest BCUT2D eigenvalue weighted by atomic mass is 32.2. The van der Waals surface area contributed by atoms with Crippen LogP contribution in [0, 0.1) is 0 Å². The lowest BCUT2D eigenvalue weighted by Gasteiger charge is -2.22. The van der Waals surface area contributed by atoms with Crippen LogP contribution in [0.2, 0.25) is 0 Å². The highest BCUT2D eigenvalue weighted by Crippen LogP contribution is 2.48. The molecule has 27 heavy (non-hydrogen) atoms. The zero-order valence-corrected chi connectivity index (χ0v) is 16.5. The van der Waals surface area contributed by atoms with Crippen LogP contribution in [0.15, 0.2) is 29.3 Å². The van der Waals surface area contributed by atoms with Gasteiger partial charge in [0.1, 0.15) is 9.84 Å². The molecule has 1 unspecified atom stereocenters. The van der Waals surface area contributed by atoms with Crippen LogP contribution >= 0.6 is 0 Å². The van der Waals surface area contributed by atoms with Gasteiger partial charge in [-0.25, -0.2) is 8.42 Å². The summed E-state index contributed by atoms with van der Waals surface area (Å²) in [6, 6.07) is 5.37. The van der Waals surface area contributed by atoms with Crippen molar-refractivity contribution in [1.82, 2.24) is 10.6 Å². The molecule has 1 atom stereocenters. The Morgan fingerprint density at radius 2 is 2.00 bits per heavy atom. The Kier molecular flexibility index (Phi) is 6.44. The van der Waals surface area contributed by atoms with E-state index in [1.807, 2.05) is 6.92 Å². The van der Waals surface area contributed by atoms with E-state index in [1.54, 1.807) is 13.1 Å². The van der Waals surface area contributed by atoms with Gasteiger partial charge >= 0.3 is 6.18 Å². The van der Waals surface area contributed by atoms with Crippen molar-refractivity contribution in [3.05, 3.63) is 35.4 Å². The van der Waals surface area contributed by atoms with E-state index >= 15 is 0 Å². The summed E-state index contributed by atoms with van der Waals surface area (Å²) in [5.41, 5.74) is -0.289. The SMILES string of the molecule is CN=C(NCC1(c2cccc(C(F)(F)F)c2)CC1)NC(C)CCS(C)(=O)=O. The molecular weight excluding hydrogens is 379 g/mol. The molecule has 0 bridgehead atoms. The number of hydrogen-bond donors (Lipinski definition) is 2. The summed E-state index contributed by atoms with van der Waals surface area (Å²) in [5.74, 6) is 0.584. The maximum Gasteiger partial charge on any atom is 0.416 e. The van der Waals surface area contributed by atoms with Gasteiger partial charge in [-0.05, 0) is 37.8 Å². The number of benzene rings is 1. The second-order valence-electron chi connectivity index (χ2n) is 7.25. The molecule has 0 amide bonds. The summed E-state index contributed by atoms with van der Waals surface area (Å²) in [6.45, 7) is 2.32. The number of nitrogens with zero attached hydrogens (tertiary/aromatic N) is 1. The predicted molar refractivity (Wildman–Crippen MR) is 101 cm³/mol. The molecule has 0 saturated heterocycles. The fourth-order valence-electron chi connectivity index (χ4n) is 2.89. The van der Waals surface area contributed by atoms with E-state index in [1.165, 1.54) is 18.4 Å². The third-order valence-electron chi connectivity index (χ3n) is 4.78. The predicted octanol–water partition coefficient (Wildman–Crippen LogP) is 2.73. The first-order chi connectivity index (χ1) is 12.5. The molecule has 1 aliphatic carbocycles. The largest absolute Gasteiger partial charge is 0.416 e. The van der Waals surface area contributed by atoms with E-state index < -0.39 is 21.6 Å². The number of alkyl halides is 3. The van der Waals surface area contributed by atoms with Gasteiger partial charge < -0.3 is 10.6 Å². The first kappa shape index (κ1) is 21.5. The molecule has 0 heterocycles. The van der Waals surface area contributed by atoms with Crippen molar-refractivity contribution >= 4 is 15.8 Å². The Morgan fingerprint density at radius 1 is 1.33 bits per heavy atom. The Hall–Kier alpha value is -1.77. The highest BCUT2D eigenvalue weighted by molar-refractivity contribution is 7.90. The van der Waals surface area contributed by atoms with Crippen LogP contribution in [0.1, 0.15) is 37.3 Å². The monoisotopic (exact) mass is 405 g/mol. The number of nitrogens with one attached hydrogen (secondary N) is 2. The summed E-state index contributed by atoms with van der Waals surface area (Å²) >= 11 is 0. The summed E-state index contributed by atoms with van der Waals surface area (Å²) in [5, 5.41) is 6.29. The Balaban J connectivity index is 1.96. The zero-order valence-electron chi connectivity index (χ0n) is 15.7. The summed E-state index contributed by atoms with van der Waals surface area (Å²) in [6.07, 6.45) is -1.10. The van der Waals surface area contributed by atoms with Crippen LogP contribution in [0.25, 0.3) is 0 Å². The van der Waals surface area contributed by atoms with Gasteiger partial charge in [0.2, 0.25) is 0 Å². The van der Waals surface area contributed by atoms with Crippen molar-refractivity contribution in [3.8, 4) is 0 Å². The quantitative estimate of drug-likeness (QED) is 0.541. The summed E-state index contributed by atoms with van der Waals surface area (Å²) in [4.78, 5) is 4.12. The number of halogens is 3. The van der Waals surface area contributed by atoms with E-state index in [-0.39, 0.29) is 17.2 Å². The van der Waals surface area contributed by atoms with Gasteiger partial charge in [0.05, 0.1) is 11.3 Å². The van der Waals surface area contributed by atoms with Crippen molar-refractivity contribution < 1.29 is 21.6 Å². The van der Waals surface area contributed by atoms with Gasteiger partial charge in [0, 0.05) is 31.3 Å². The smallest absolute Gasteiger partial charge is 0.356 e. The van der Waals surface area contributed by atoms with Gasteiger partial charge in [-0.3, -0.25) is 4.99 Å². The average Bonchev–Trinajstić information content (AvgIpc) is 3.37. The molecule has 0 aliphatic heterocycles. The van der Waals surface area contributed by atoms with Gasteiger partial charge in [0.25, 0.3) is 0 Å². The first-order valence-corrected chi connectivity index (χ1v) is 10.8. The molecule has 1 aromatic carbocycles. The van der Waals surface area contributed by atoms with E-state index in [4.69, 9.17) is 0 Å². The molecule has 0 aromatic heterocycles. The third kappa shape index (κ3) is 6.41. The number of aliphatic imine (C=N–C) groups is 1. The van der Waals surface area contributed by atoms with Gasteiger partial charge in [-0.2, -0.15) is 13.2 Å². The standard InChI is InChI=1S/C18H26F3N3O2S/c1-13(7-10-27(3,25)26)24-16(22-2)23-12-17(8-9-17)14-5-4-6-15(11-14)18(19,20)21/h4-6,11,13H,7-10,12H2,1-3H3,(H2,22,23,24). The van der Waals surface area contributed by atoms with Crippen molar-refractivity contribution in [3.63, 3.8) is 0 Å². The van der Waals surface area contributed by atoms with Crippen LogP contribution in [0.4, 0.5) is 13.2 Å². The average molecular weight is 405 g/mol. The van der Waals surface area contributed by atoms with Crippen LogP contribution in [0.3, 0.4) is 0 Å². The molecule has 2 N–H and O–H groups in total. The number of guanidine groups is 1. The summed E-state index contributed by atoms with van der Waals surface area (Å²) < 4.78 is 61.4. The van der Waals surface area contributed by atoms with Crippen LogP contribution in [-0.2, 0) is 21.4 Å². The first-order valence-electron chi connectivity index (χ1n) is 8.78. The van der Waals surface area contributed by atoms with Crippen LogP contribution in [-0.4, -0.2) is 46.0 Å². The van der Waals surface area contributed by atoms with Crippen molar-refractivity contribution in [1.29, 1.82) is 0 Å². The fourth-order valence-corrected chi connectivity index (χ4v) is 3.67. The zero-order chi connectivity index (χ0) is 20.3. The van der Waals surface area contributed by atoms with Crippen LogP contribution < -0.4 is 10.6 Å². The molecule has 1 fully saturated rings. The van der Waals surface area contributed by atoms with E-state index in [9.17, 15) is 21.6 Å². The molecule has 9 heteroatoms. The minimum Gasteiger partial charge on any atom is -0.356 e. The molecule has 1 saturated carbocycles. The van der Waals surface area contributed by atoms with Crippen molar-refractivity contribution in [2.24, 2.45) is 4.99 Å². The number of rotatable bonds is 7. The van der Waals surface area contributed by atoms with Crippen LogP contribution in [0.5, 0.6) is 0 Å². The lowest BCUT2D eigenvalue weighted by molar-refractivity contribution is -0.137. The van der Waals surface area contributed by atoms with Gasteiger partial charge in [-0.15, -0.1) is 0 Å². The molecule has 0 radical (unpaired) electrons. The molecule has 2 rings (SSSR count). The number of sulfone groups is 1. The minimum absolute atomic E-state index is 0.0757. The lowest BCUT2D eigenvalue weighted by Crippen LogP contribution is -2.45. The summed E-state index contributed by atoms with van der Waals surface area (Å²) in [7, 11) is -1.43. The lowest BCUT2D eigenvalue weighted by atomic mass is 9.94. The molecule has 5 nitrogen and oxygen atoms in total. The van der Waals surface area contributed by atoms with Gasteiger partial charge in [-0.1, -0.05) is 18.2 Å². The molecule has 1 aromatic rings. The Bertz CT molecular complexity index is 787. The third-order valence-corrected chi connectivity index (χ3v) is 5.76. The maximum atomic E-state index is 13.0. The minimum atomic E-state index is -4.36. The molecule has 0 spiro atoms. The number of hydrogen-bond acceptors (Lipinski definition) is 3. The van der Waals surface area contributed by atoms with Crippen molar-refractivity contribution in [2.45, 2.75) is 43.8 Å². The van der Waals surface area contributed by atoms with E-state index in [0.29, 0.717) is 24.5 Å². The van der Waals surface area contributed by atoms with E-state index in [2.05, 4.69) is 15.6 Å². The fraction of sp³-hybridized carbons (Fsp3) is 0.611.